The molecule has 0 radical (unpaired) electrons. The van der Waals surface area contributed by atoms with Gasteiger partial charge in [-0.15, -0.1) is 0 Å². The number of hydrogen-bond acceptors (Lipinski definition) is 3. The molecular weight excluding hydrogens is 272 g/mol. The van der Waals surface area contributed by atoms with Gasteiger partial charge in [-0.05, 0) is 44.4 Å². The first kappa shape index (κ1) is 17.8. The van der Waals surface area contributed by atoms with E-state index in [0.29, 0.717) is 31.9 Å². The number of unbranched alkanes of at least 4 members (excludes halogenated alkanes) is 1. The van der Waals surface area contributed by atoms with E-state index in [0.717, 1.165) is 32.1 Å². The molecule has 0 aromatic rings. The molecule has 6 heteroatoms. The van der Waals surface area contributed by atoms with Crippen molar-refractivity contribution in [1.82, 2.24) is 10.6 Å². The quantitative estimate of drug-likeness (QED) is 0.599. The van der Waals surface area contributed by atoms with Crippen LogP contribution in [0.3, 0.4) is 0 Å². The maximum atomic E-state index is 11.9. The lowest BCUT2D eigenvalue weighted by Gasteiger charge is -2.37. The van der Waals surface area contributed by atoms with E-state index in [9.17, 15) is 14.7 Å². The minimum atomic E-state index is -1.09. The third-order valence-electron chi connectivity index (χ3n) is 4.36. The molecule has 1 aliphatic rings. The van der Waals surface area contributed by atoms with Crippen LogP contribution in [0.4, 0.5) is 4.79 Å². The molecule has 0 aromatic heterocycles. The first-order valence-electron chi connectivity index (χ1n) is 7.82. The predicted molar refractivity (Wildman–Crippen MR) is 80.3 cm³/mol. The summed E-state index contributed by atoms with van der Waals surface area (Å²) in [6.45, 7) is 3.32. The van der Waals surface area contributed by atoms with E-state index < -0.39 is 11.5 Å². The van der Waals surface area contributed by atoms with Gasteiger partial charge in [-0.3, -0.25) is 0 Å². The van der Waals surface area contributed by atoms with Crippen LogP contribution in [0.5, 0.6) is 0 Å². The summed E-state index contributed by atoms with van der Waals surface area (Å²) in [4.78, 5) is 23.5. The van der Waals surface area contributed by atoms with Crippen LogP contribution < -0.4 is 10.6 Å². The zero-order chi connectivity index (χ0) is 15.7. The van der Waals surface area contributed by atoms with Crippen molar-refractivity contribution in [3.8, 4) is 0 Å². The zero-order valence-corrected chi connectivity index (χ0v) is 13.1. The Kier molecular flexibility index (Phi) is 7.50. The molecule has 1 saturated carbocycles. The Balaban J connectivity index is 2.40. The van der Waals surface area contributed by atoms with Gasteiger partial charge in [-0.2, -0.15) is 0 Å². The fourth-order valence-corrected chi connectivity index (χ4v) is 2.81. The average Bonchev–Trinajstić information content (AvgIpc) is 2.47. The van der Waals surface area contributed by atoms with E-state index in [1.807, 2.05) is 0 Å². The van der Waals surface area contributed by atoms with Gasteiger partial charge in [0.15, 0.2) is 0 Å². The minimum absolute atomic E-state index is 0.384. The van der Waals surface area contributed by atoms with E-state index in [2.05, 4.69) is 17.6 Å². The van der Waals surface area contributed by atoms with Crippen molar-refractivity contribution in [2.45, 2.75) is 57.4 Å². The third-order valence-corrected chi connectivity index (χ3v) is 4.36. The molecule has 0 aliphatic heterocycles. The highest BCUT2D eigenvalue weighted by atomic mass is 16.5. The minimum Gasteiger partial charge on any atom is -0.480 e. The van der Waals surface area contributed by atoms with E-state index in [1.54, 1.807) is 7.11 Å². The molecule has 122 valence electrons. The van der Waals surface area contributed by atoms with Crippen LogP contribution in [0.2, 0.25) is 0 Å². The van der Waals surface area contributed by atoms with Crippen LogP contribution in [0.25, 0.3) is 0 Å². The van der Waals surface area contributed by atoms with Crippen LogP contribution in [0.1, 0.15) is 51.9 Å². The molecular formula is C15H28N2O4. The molecule has 3 N–H and O–H groups in total. The smallest absolute Gasteiger partial charge is 0.329 e. The van der Waals surface area contributed by atoms with Gasteiger partial charge in [0.25, 0.3) is 0 Å². The molecule has 1 fully saturated rings. The Morgan fingerprint density at radius 2 is 1.95 bits per heavy atom. The number of rotatable bonds is 8. The lowest BCUT2D eigenvalue weighted by Crippen LogP contribution is -2.58. The fourth-order valence-electron chi connectivity index (χ4n) is 2.81. The van der Waals surface area contributed by atoms with Gasteiger partial charge in [0.2, 0.25) is 0 Å². The predicted octanol–water partition coefficient (Wildman–Crippen LogP) is 2.14. The van der Waals surface area contributed by atoms with Crippen molar-refractivity contribution < 1.29 is 19.4 Å². The number of methoxy groups -OCH3 is 1. The van der Waals surface area contributed by atoms with E-state index in [4.69, 9.17) is 4.74 Å². The monoisotopic (exact) mass is 300 g/mol. The molecule has 21 heavy (non-hydrogen) atoms. The Morgan fingerprint density at radius 1 is 1.29 bits per heavy atom. The summed E-state index contributed by atoms with van der Waals surface area (Å²) in [7, 11) is 1.64. The van der Waals surface area contributed by atoms with Gasteiger partial charge in [-0.25, -0.2) is 9.59 Å². The van der Waals surface area contributed by atoms with E-state index >= 15 is 0 Å². The van der Waals surface area contributed by atoms with Gasteiger partial charge in [0, 0.05) is 20.3 Å². The summed E-state index contributed by atoms with van der Waals surface area (Å²) in [5, 5.41) is 14.9. The van der Waals surface area contributed by atoms with Crippen molar-refractivity contribution in [2.24, 2.45) is 5.92 Å². The first-order chi connectivity index (χ1) is 10.0. The molecule has 0 spiro atoms. The molecule has 0 heterocycles. The highest BCUT2D eigenvalue weighted by Gasteiger charge is 2.42. The second-order valence-electron chi connectivity index (χ2n) is 5.82. The first-order valence-corrected chi connectivity index (χ1v) is 7.82. The summed E-state index contributed by atoms with van der Waals surface area (Å²) in [5.41, 5.74) is -1.09. The van der Waals surface area contributed by atoms with E-state index in [1.165, 1.54) is 0 Å². The number of carboxylic acids is 1. The van der Waals surface area contributed by atoms with Crippen molar-refractivity contribution in [3.63, 3.8) is 0 Å². The summed E-state index contributed by atoms with van der Waals surface area (Å²) in [6.07, 6.45) is 5.50. The van der Waals surface area contributed by atoms with Gasteiger partial charge in [-0.1, -0.05) is 13.3 Å². The maximum absolute atomic E-state index is 11.9. The van der Waals surface area contributed by atoms with Gasteiger partial charge in [0.1, 0.15) is 5.54 Å². The molecule has 0 atom stereocenters. The van der Waals surface area contributed by atoms with Crippen molar-refractivity contribution in [2.75, 3.05) is 20.3 Å². The SMILES string of the molecule is CCC1CCC(NC(=O)NCCCCOC)(C(=O)O)CC1. The molecule has 2 amide bonds. The summed E-state index contributed by atoms with van der Waals surface area (Å²) < 4.78 is 4.93. The Labute approximate surface area is 126 Å². The summed E-state index contributed by atoms with van der Waals surface area (Å²) >= 11 is 0. The normalized spacial score (nSPS) is 25.3. The zero-order valence-electron chi connectivity index (χ0n) is 13.1. The summed E-state index contributed by atoms with van der Waals surface area (Å²) in [5.74, 6) is -0.344. The Morgan fingerprint density at radius 3 is 2.48 bits per heavy atom. The van der Waals surface area contributed by atoms with Crippen LogP contribution in [0.15, 0.2) is 0 Å². The van der Waals surface area contributed by atoms with Crippen molar-refractivity contribution in [3.05, 3.63) is 0 Å². The van der Waals surface area contributed by atoms with Crippen LogP contribution in [-0.4, -0.2) is 42.9 Å². The maximum Gasteiger partial charge on any atom is 0.329 e. The van der Waals surface area contributed by atoms with Crippen molar-refractivity contribution in [1.29, 1.82) is 0 Å². The molecule has 1 rings (SSSR count). The number of carbonyl (C=O) groups excluding carboxylic acids is 1. The topological polar surface area (TPSA) is 87.7 Å². The molecule has 0 saturated heterocycles. The number of ether oxygens (including phenoxy) is 1. The second kappa shape index (κ2) is 8.87. The van der Waals surface area contributed by atoms with Gasteiger partial charge in [0.05, 0.1) is 0 Å². The number of carboxylic acid groups (broad SMARTS) is 1. The third kappa shape index (κ3) is 5.53. The molecule has 0 bridgehead atoms. The van der Waals surface area contributed by atoms with Gasteiger partial charge >= 0.3 is 12.0 Å². The lowest BCUT2D eigenvalue weighted by atomic mass is 9.75. The molecule has 0 aromatic carbocycles. The van der Waals surface area contributed by atoms with Gasteiger partial charge < -0.3 is 20.5 Å². The van der Waals surface area contributed by atoms with Crippen LogP contribution >= 0.6 is 0 Å². The van der Waals surface area contributed by atoms with E-state index in [-0.39, 0.29) is 6.03 Å². The van der Waals surface area contributed by atoms with Crippen LogP contribution in [0, 0.1) is 5.92 Å². The summed E-state index contributed by atoms with van der Waals surface area (Å²) in [6, 6.07) is -0.384. The second-order valence-corrected chi connectivity index (χ2v) is 5.82. The van der Waals surface area contributed by atoms with Crippen molar-refractivity contribution >= 4 is 12.0 Å². The molecule has 1 aliphatic carbocycles. The molecule has 6 nitrogen and oxygen atoms in total. The molecule has 0 unspecified atom stereocenters. The number of hydrogen-bond donors (Lipinski definition) is 3. The largest absolute Gasteiger partial charge is 0.480 e. The average molecular weight is 300 g/mol. The van der Waals surface area contributed by atoms with Crippen LogP contribution in [-0.2, 0) is 9.53 Å². The number of carbonyl (C=O) groups is 2. The Bertz CT molecular complexity index is 339. The lowest BCUT2D eigenvalue weighted by molar-refractivity contribution is -0.146. The fraction of sp³-hybridized carbons (Fsp3) is 0.867. The highest BCUT2D eigenvalue weighted by Crippen LogP contribution is 2.33. The number of urea groups is 1. The number of aliphatic carboxylic acids is 1. The Hall–Kier alpha value is -1.30. The standard InChI is InChI=1S/C15H28N2O4/c1-3-12-6-8-15(9-7-12,13(18)19)17-14(20)16-10-4-5-11-21-2/h12H,3-11H2,1-2H3,(H,18,19)(H2,16,17,20). The highest BCUT2D eigenvalue weighted by molar-refractivity contribution is 5.86. The number of nitrogens with one attached hydrogen (secondary N) is 2. The number of amides is 2.